The molecule has 0 saturated carbocycles. The lowest BCUT2D eigenvalue weighted by molar-refractivity contribution is -0.148. The Labute approximate surface area is 515 Å². The van der Waals surface area contributed by atoms with E-state index in [0.29, 0.717) is 12.8 Å². The molecule has 1 heterocycles. The number of aliphatic hydroxyl groups excluding tert-OH is 1. The summed E-state index contributed by atoms with van der Waals surface area (Å²) in [4.78, 5) is 164. The molecule has 0 spiro atoms. The van der Waals surface area contributed by atoms with Crippen LogP contribution in [0.15, 0.2) is 12.2 Å². The maximum Gasteiger partial charge on any atom is 0.245 e. The minimum atomic E-state index is -1.40. The lowest BCUT2D eigenvalue weighted by Gasteiger charge is -2.36. The number of hydrogen-bond acceptors (Lipinski definition) is 13. The second kappa shape index (κ2) is 38.2. The maximum atomic E-state index is 14.9. The number of ether oxygens (including phenoxy) is 1. The van der Waals surface area contributed by atoms with E-state index in [-0.39, 0.29) is 82.1 Å². The van der Waals surface area contributed by atoms with E-state index in [1.807, 2.05) is 54.5 Å². The van der Waals surface area contributed by atoms with Gasteiger partial charge in [-0.3, -0.25) is 57.1 Å². The molecule has 0 radical (unpaired) electrons. The lowest BCUT2D eigenvalue weighted by atomic mass is 9.82. The number of rotatable bonds is 19. The quantitative estimate of drug-likeness (QED) is 0.0821. The monoisotopic (exact) mass is 1220 g/mol. The standard InChI is InChI=1S/C66H113FN6O13/c1-21-23-26-43(13)61(80)49-37-56(77)59(42(11)12)73(20)65(84)47(31-38(3)4)35-55(76)52(33-40(7)8)70(17)64(83)45(15)68-62(81)44(14)34-54(75)51(32-39(5)6)71(18)66(85)48(41(9)10)36-57(78)60(46(16)86-30-25-24-29-67)72(19)58(79)28-27-53(74)50(22-2)69-63(49)82/h21,23,38-52,59-61,80H,22,24-37H2,1-20H3,(H,68,81)(H,69,82)/b23-21+/t43-,44-,45-,46-,47-,48+,49+,50+,51+,52+,59+,60+,61-/m1/s1. The summed E-state index contributed by atoms with van der Waals surface area (Å²) in [6.45, 7) is 27.7. The minimum absolute atomic E-state index is 0.0606. The molecule has 0 aromatic heterocycles. The molecule has 19 nitrogen and oxygen atoms in total. The van der Waals surface area contributed by atoms with Crippen molar-refractivity contribution in [1.82, 2.24) is 30.2 Å². The number of unbranched alkanes of at least 4 members (excludes halogenated alkanes) is 1. The average molecular weight is 1220 g/mol. The molecule has 0 unspecified atom stereocenters. The van der Waals surface area contributed by atoms with Crippen LogP contribution in [0.1, 0.15) is 194 Å². The molecule has 0 aromatic carbocycles. The largest absolute Gasteiger partial charge is 0.392 e. The van der Waals surface area contributed by atoms with Gasteiger partial charge in [0.1, 0.15) is 12.1 Å². The van der Waals surface area contributed by atoms with Crippen LogP contribution in [0.2, 0.25) is 0 Å². The number of halogens is 1. The zero-order valence-corrected chi connectivity index (χ0v) is 56.2. The van der Waals surface area contributed by atoms with Gasteiger partial charge in [-0.15, -0.1) is 0 Å². The summed E-state index contributed by atoms with van der Waals surface area (Å²) in [5, 5.41) is 17.4. The number of nitrogens with one attached hydrogen (secondary N) is 2. The van der Waals surface area contributed by atoms with Gasteiger partial charge in [0.25, 0.3) is 0 Å². The number of carbonyl (C=O) groups is 11. The van der Waals surface area contributed by atoms with Gasteiger partial charge >= 0.3 is 0 Å². The van der Waals surface area contributed by atoms with Crippen molar-refractivity contribution < 1.29 is 67.0 Å². The zero-order valence-electron chi connectivity index (χ0n) is 56.2. The van der Waals surface area contributed by atoms with E-state index in [9.17, 15) is 62.2 Å². The number of nitrogens with zero attached hydrogens (tertiary/aromatic N) is 4. The predicted molar refractivity (Wildman–Crippen MR) is 332 cm³/mol. The number of aliphatic hydroxyl groups is 1. The molecule has 86 heavy (non-hydrogen) atoms. The average Bonchev–Trinajstić information content (AvgIpc) is 1.52. The van der Waals surface area contributed by atoms with Gasteiger partial charge in [0.05, 0.1) is 49.0 Å². The smallest absolute Gasteiger partial charge is 0.245 e. The van der Waals surface area contributed by atoms with Gasteiger partial charge in [-0.2, -0.15) is 0 Å². The van der Waals surface area contributed by atoms with Crippen molar-refractivity contribution in [3.05, 3.63) is 12.2 Å². The van der Waals surface area contributed by atoms with E-state index < -0.39 is 174 Å². The molecule has 1 fully saturated rings. The number of Topliss-reactive ketones (excluding diaryl/α,β-unsaturated/α-hetero) is 5. The normalized spacial score (nSPS) is 27.1. The fraction of sp³-hybridized carbons (Fsp3) is 0.803. The summed E-state index contributed by atoms with van der Waals surface area (Å²) in [6.07, 6.45) is 0.634. The van der Waals surface area contributed by atoms with Crippen molar-refractivity contribution in [2.75, 3.05) is 41.5 Å². The van der Waals surface area contributed by atoms with Gasteiger partial charge < -0.3 is 40.1 Å². The molecule has 0 aliphatic carbocycles. The zero-order chi connectivity index (χ0) is 66.2. The van der Waals surface area contributed by atoms with Crippen LogP contribution in [0, 0.1) is 59.2 Å². The molecular formula is C66H113FN6O13. The highest BCUT2D eigenvalue weighted by molar-refractivity contribution is 5.99. The summed E-state index contributed by atoms with van der Waals surface area (Å²) < 4.78 is 19.2. The van der Waals surface area contributed by atoms with Crippen molar-refractivity contribution in [3.63, 3.8) is 0 Å². The third-order valence-corrected chi connectivity index (χ3v) is 17.0. The molecule has 6 amide bonds. The third-order valence-electron chi connectivity index (χ3n) is 17.0. The number of ketones is 5. The van der Waals surface area contributed by atoms with Crippen LogP contribution in [0.4, 0.5) is 4.39 Å². The first-order chi connectivity index (χ1) is 40.0. The topological polar surface area (TPSA) is 254 Å². The number of amides is 6. The van der Waals surface area contributed by atoms with Crippen molar-refractivity contribution in [2.24, 2.45) is 59.2 Å². The van der Waals surface area contributed by atoms with Crippen LogP contribution in [0.5, 0.6) is 0 Å². The van der Waals surface area contributed by atoms with Crippen LogP contribution in [0.25, 0.3) is 0 Å². The molecule has 20 heteroatoms. The van der Waals surface area contributed by atoms with E-state index >= 15 is 0 Å². The number of likely N-dealkylation sites (N-methyl/N-ethyl adjacent to an activating group) is 4. The highest BCUT2D eigenvalue weighted by Crippen LogP contribution is 2.30. The maximum absolute atomic E-state index is 14.9. The summed E-state index contributed by atoms with van der Waals surface area (Å²) in [7, 11) is 5.83. The van der Waals surface area contributed by atoms with Crippen molar-refractivity contribution in [2.45, 2.75) is 243 Å². The fourth-order valence-electron chi connectivity index (χ4n) is 11.7. The first-order valence-corrected chi connectivity index (χ1v) is 31.8. The van der Waals surface area contributed by atoms with E-state index in [4.69, 9.17) is 4.74 Å². The predicted octanol–water partition coefficient (Wildman–Crippen LogP) is 7.95. The molecule has 1 saturated heterocycles. The van der Waals surface area contributed by atoms with E-state index in [1.54, 1.807) is 61.5 Å². The Bertz CT molecular complexity index is 2290. The molecular weight excluding hydrogens is 1100 g/mol. The molecule has 0 bridgehead atoms. The number of alkyl halides is 1. The Morgan fingerprint density at radius 3 is 1.60 bits per heavy atom. The molecule has 13 atom stereocenters. The molecule has 0 aromatic rings. The molecule has 3 N–H and O–H groups in total. The summed E-state index contributed by atoms with van der Waals surface area (Å²) in [6, 6.07) is -6.76. The number of carbonyl (C=O) groups excluding carboxylic acids is 11. The van der Waals surface area contributed by atoms with Gasteiger partial charge in [0.15, 0.2) is 28.9 Å². The lowest BCUT2D eigenvalue weighted by Crippen LogP contribution is -2.53. The van der Waals surface area contributed by atoms with E-state index in [2.05, 4.69) is 10.6 Å². The third kappa shape index (κ3) is 24.4. The van der Waals surface area contributed by atoms with Crippen LogP contribution in [-0.2, 0) is 57.5 Å². The van der Waals surface area contributed by atoms with Crippen molar-refractivity contribution in [3.8, 4) is 0 Å². The van der Waals surface area contributed by atoms with Crippen LogP contribution in [0.3, 0.4) is 0 Å². The Morgan fingerprint density at radius 2 is 1.10 bits per heavy atom. The molecule has 1 rings (SSSR count). The highest BCUT2D eigenvalue weighted by atomic mass is 19.1. The second-order valence-electron chi connectivity index (χ2n) is 26.6. The number of hydrogen-bond donors (Lipinski definition) is 3. The summed E-state index contributed by atoms with van der Waals surface area (Å²) >= 11 is 0. The Balaban J connectivity index is 4.22. The van der Waals surface area contributed by atoms with E-state index in [0.717, 1.165) is 0 Å². The Morgan fingerprint density at radius 1 is 0.581 bits per heavy atom. The summed E-state index contributed by atoms with van der Waals surface area (Å²) in [5.41, 5.74) is 0. The van der Waals surface area contributed by atoms with Crippen LogP contribution in [-0.4, -0.2) is 179 Å². The van der Waals surface area contributed by atoms with Gasteiger partial charge in [0.2, 0.25) is 35.4 Å². The summed E-state index contributed by atoms with van der Waals surface area (Å²) in [5.74, 6) is -12.1. The Kier molecular flexibility index (Phi) is 35.0. The first kappa shape index (κ1) is 78.8. The van der Waals surface area contributed by atoms with Gasteiger partial charge in [-0.1, -0.05) is 102 Å². The SMILES string of the molecule is C/C=C/C[C@@H](C)[C@@H](O)[C@@H]1CC(=O)[C@H](C(C)C)N(C)C(=O)[C@H](CC(C)C)CC(=O)[C@H](CC(C)C)N(C)C(=O)[C@@H](C)NC(=O)[C@H](C)CC(=O)[C@H](CC(C)C)N(C)C(=O)[C@H](C(C)C)CC(=O)[C@H]([C@@H](C)OCCCCF)N(C)C(=O)CCC(=O)[C@H](CC)NC1=O. The van der Waals surface area contributed by atoms with Gasteiger partial charge in [-0.05, 0) is 101 Å². The second-order valence-corrected chi connectivity index (χ2v) is 26.6. The fourth-order valence-corrected chi connectivity index (χ4v) is 11.7. The highest BCUT2D eigenvalue weighted by Gasteiger charge is 2.43. The van der Waals surface area contributed by atoms with E-state index in [1.165, 1.54) is 54.7 Å². The number of allylic oxidation sites excluding steroid dienone is 2. The van der Waals surface area contributed by atoms with Crippen LogP contribution >= 0.6 is 0 Å². The van der Waals surface area contributed by atoms with Crippen molar-refractivity contribution in [1.29, 1.82) is 0 Å². The molecule has 1 aliphatic rings. The van der Waals surface area contributed by atoms with Gasteiger partial charge in [0, 0.05) is 91.1 Å². The van der Waals surface area contributed by atoms with Gasteiger partial charge in [-0.25, -0.2) is 0 Å². The Hall–Kier alpha value is -5.24. The van der Waals surface area contributed by atoms with Crippen molar-refractivity contribution >= 4 is 64.4 Å². The molecule has 492 valence electrons. The first-order valence-electron chi connectivity index (χ1n) is 31.8. The minimum Gasteiger partial charge on any atom is -0.392 e. The molecule has 1 aliphatic heterocycles. The van der Waals surface area contributed by atoms with Crippen LogP contribution < -0.4 is 10.6 Å².